The fraction of sp³-hybridized carbons (Fsp3) is 0.579. The molecular formula is C19H26N4O3. The van der Waals surface area contributed by atoms with Crippen molar-refractivity contribution in [2.24, 2.45) is 13.0 Å². The first-order valence-electron chi connectivity index (χ1n) is 9.32. The Morgan fingerprint density at radius 3 is 2.81 bits per heavy atom. The summed E-state index contributed by atoms with van der Waals surface area (Å²) in [5, 5.41) is 9.44. The number of likely N-dealkylation sites (N-methyl/N-ethyl adjacent to an activating group) is 1. The summed E-state index contributed by atoms with van der Waals surface area (Å²) >= 11 is 0. The van der Waals surface area contributed by atoms with E-state index in [1.165, 1.54) is 0 Å². The minimum atomic E-state index is -0.323. The average molecular weight is 358 g/mol. The van der Waals surface area contributed by atoms with Crippen molar-refractivity contribution in [2.75, 3.05) is 20.1 Å². The number of hydrogen-bond donors (Lipinski definition) is 2. The molecule has 0 radical (unpaired) electrons. The molecule has 2 aromatic heterocycles. The second-order valence-electron chi connectivity index (χ2n) is 7.73. The van der Waals surface area contributed by atoms with Crippen molar-refractivity contribution in [3.05, 3.63) is 24.0 Å². The number of nitrogens with zero attached hydrogens (tertiary/aromatic N) is 3. The Balaban J connectivity index is 1.43. The number of aliphatic hydroxyl groups excluding tert-OH is 1. The number of carbonyl (C=O) groups is 2. The van der Waals surface area contributed by atoms with Crippen LogP contribution in [0.15, 0.2) is 18.3 Å². The molecule has 2 fully saturated rings. The topological polar surface area (TPSA) is 81.6 Å². The molecule has 1 unspecified atom stereocenters. The first-order valence-corrected chi connectivity index (χ1v) is 9.32. The van der Waals surface area contributed by atoms with Gasteiger partial charge in [0, 0.05) is 45.3 Å². The molecule has 1 aliphatic carbocycles. The number of aromatic nitrogens is 2. The molecule has 2 aromatic rings. The second kappa shape index (κ2) is 6.46. The minimum Gasteiger partial charge on any atom is -0.393 e. The summed E-state index contributed by atoms with van der Waals surface area (Å²) in [6.45, 7) is 1.32. The third-order valence-corrected chi connectivity index (χ3v) is 5.94. The molecule has 1 aliphatic heterocycles. The van der Waals surface area contributed by atoms with E-state index < -0.39 is 0 Å². The van der Waals surface area contributed by atoms with Gasteiger partial charge in [0.25, 0.3) is 5.91 Å². The SMILES string of the molecule is CN(C(=O)c1cc2c(ccn2C)[nH]1)C1CCCN(C(=O)C2CC(O)C2)C1. The Morgan fingerprint density at radius 1 is 1.35 bits per heavy atom. The number of H-pyrrole nitrogens is 1. The van der Waals surface area contributed by atoms with Crippen LogP contribution in [0, 0.1) is 5.92 Å². The van der Waals surface area contributed by atoms with Crippen molar-refractivity contribution in [3.8, 4) is 0 Å². The van der Waals surface area contributed by atoms with Crippen LogP contribution in [0.3, 0.4) is 0 Å². The van der Waals surface area contributed by atoms with E-state index in [2.05, 4.69) is 4.98 Å². The minimum absolute atomic E-state index is 0.0246. The summed E-state index contributed by atoms with van der Waals surface area (Å²) in [5.74, 6) is 0.0458. The third kappa shape index (κ3) is 2.90. The number of carbonyl (C=O) groups excluding carboxylic acids is 2. The number of aromatic amines is 1. The van der Waals surface area contributed by atoms with Crippen LogP contribution in [0.5, 0.6) is 0 Å². The van der Waals surface area contributed by atoms with Gasteiger partial charge in [-0.2, -0.15) is 0 Å². The van der Waals surface area contributed by atoms with E-state index in [0.29, 0.717) is 25.1 Å². The summed E-state index contributed by atoms with van der Waals surface area (Å²) < 4.78 is 1.98. The highest BCUT2D eigenvalue weighted by Crippen LogP contribution is 2.30. The predicted octanol–water partition coefficient (Wildman–Crippen LogP) is 1.34. The van der Waals surface area contributed by atoms with Gasteiger partial charge in [-0.3, -0.25) is 9.59 Å². The lowest BCUT2D eigenvalue weighted by atomic mass is 9.81. The van der Waals surface area contributed by atoms with Gasteiger partial charge in [-0.05, 0) is 37.8 Å². The van der Waals surface area contributed by atoms with E-state index in [9.17, 15) is 14.7 Å². The zero-order valence-electron chi connectivity index (χ0n) is 15.3. The van der Waals surface area contributed by atoms with E-state index in [1.807, 2.05) is 41.9 Å². The van der Waals surface area contributed by atoms with E-state index in [-0.39, 0.29) is 29.9 Å². The number of fused-ring (bicyclic) bond motifs is 1. The van der Waals surface area contributed by atoms with Crippen molar-refractivity contribution in [2.45, 2.75) is 37.8 Å². The van der Waals surface area contributed by atoms with E-state index >= 15 is 0 Å². The quantitative estimate of drug-likeness (QED) is 0.869. The lowest BCUT2D eigenvalue weighted by Crippen LogP contribution is -2.53. The predicted molar refractivity (Wildman–Crippen MR) is 97.7 cm³/mol. The number of rotatable bonds is 3. The first-order chi connectivity index (χ1) is 12.4. The summed E-state index contributed by atoms with van der Waals surface area (Å²) in [6, 6.07) is 3.87. The number of aryl methyl sites for hydroxylation is 1. The molecule has 0 bridgehead atoms. The molecule has 4 rings (SSSR count). The largest absolute Gasteiger partial charge is 0.393 e. The van der Waals surface area contributed by atoms with Crippen LogP contribution in [0.1, 0.15) is 36.2 Å². The van der Waals surface area contributed by atoms with Gasteiger partial charge in [0.2, 0.25) is 5.91 Å². The van der Waals surface area contributed by atoms with Crippen LogP contribution in [0.4, 0.5) is 0 Å². The van der Waals surface area contributed by atoms with E-state index in [0.717, 1.165) is 30.4 Å². The Kier molecular flexibility index (Phi) is 4.26. The molecule has 1 atom stereocenters. The Morgan fingerprint density at radius 2 is 2.12 bits per heavy atom. The van der Waals surface area contributed by atoms with Crippen LogP contribution in [0.2, 0.25) is 0 Å². The van der Waals surface area contributed by atoms with E-state index in [1.54, 1.807) is 4.90 Å². The number of nitrogens with one attached hydrogen (secondary N) is 1. The normalized spacial score (nSPS) is 26.0. The first kappa shape index (κ1) is 17.1. The van der Waals surface area contributed by atoms with Crippen molar-refractivity contribution in [3.63, 3.8) is 0 Å². The van der Waals surface area contributed by atoms with Gasteiger partial charge in [0.05, 0.1) is 17.1 Å². The average Bonchev–Trinajstić information content (AvgIpc) is 3.19. The summed E-state index contributed by atoms with van der Waals surface area (Å²) in [7, 11) is 3.77. The fourth-order valence-corrected chi connectivity index (χ4v) is 4.13. The molecule has 3 heterocycles. The number of amides is 2. The van der Waals surface area contributed by atoms with E-state index in [4.69, 9.17) is 0 Å². The van der Waals surface area contributed by atoms with Crippen molar-refractivity contribution >= 4 is 22.8 Å². The molecule has 140 valence electrons. The van der Waals surface area contributed by atoms with Gasteiger partial charge in [0.1, 0.15) is 5.69 Å². The molecular weight excluding hydrogens is 332 g/mol. The van der Waals surface area contributed by atoms with Crippen LogP contribution in [-0.4, -0.2) is 68.6 Å². The molecule has 7 heteroatoms. The molecule has 1 saturated heterocycles. The van der Waals surface area contributed by atoms with Gasteiger partial charge in [-0.25, -0.2) is 0 Å². The highest BCUT2D eigenvalue weighted by Gasteiger charge is 2.38. The monoisotopic (exact) mass is 358 g/mol. The maximum absolute atomic E-state index is 12.9. The number of likely N-dealkylation sites (tertiary alicyclic amines) is 1. The third-order valence-electron chi connectivity index (χ3n) is 5.94. The Labute approximate surface area is 152 Å². The van der Waals surface area contributed by atoms with Gasteiger partial charge in [0.15, 0.2) is 0 Å². The molecule has 7 nitrogen and oxygen atoms in total. The molecule has 2 amide bonds. The molecule has 0 aromatic carbocycles. The van der Waals surface area contributed by atoms with Gasteiger partial charge < -0.3 is 24.5 Å². The Hall–Kier alpha value is -2.28. The van der Waals surface area contributed by atoms with Crippen LogP contribution in [-0.2, 0) is 11.8 Å². The maximum atomic E-state index is 12.9. The molecule has 26 heavy (non-hydrogen) atoms. The summed E-state index contributed by atoms with van der Waals surface area (Å²) in [6.07, 6.45) is 4.58. The van der Waals surface area contributed by atoms with Gasteiger partial charge >= 0.3 is 0 Å². The lowest BCUT2D eigenvalue weighted by molar-refractivity contribution is -0.144. The zero-order chi connectivity index (χ0) is 18.4. The van der Waals surface area contributed by atoms with Crippen LogP contribution >= 0.6 is 0 Å². The van der Waals surface area contributed by atoms with Crippen molar-refractivity contribution in [1.82, 2.24) is 19.4 Å². The zero-order valence-corrected chi connectivity index (χ0v) is 15.3. The second-order valence-corrected chi connectivity index (χ2v) is 7.73. The molecule has 2 N–H and O–H groups in total. The fourth-order valence-electron chi connectivity index (χ4n) is 4.13. The van der Waals surface area contributed by atoms with Crippen molar-refractivity contribution < 1.29 is 14.7 Å². The molecule has 2 aliphatic rings. The smallest absolute Gasteiger partial charge is 0.270 e. The van der Waals surface area contributed by atoms with Crippen LogP contribution in [0.25, 0.3) is 11.0 Å². The number of piperidine rings is 1. The van der Waals surface area contributed by atoms with Gasteiger partial charge in [-0.1, -0.05) is 0 Å². The molecule has 0 spiro atoms. The highest BCUT2D eigenvalue weighted by molar-refractivity contribution is 5.97. The van der Waals surface area contributed by atoms with Crippen LogP contribution < -0.4 is 0 Å². The summed E-state index contributed by atoms with van der Waals surface area (Å²) in [5.41, 5.74) is 2.54. The standard InChI is InChI=1S/C19H26N4O3/c1-21-7-5-15-17(21)10-16(20-15)19(26)22(2)13-4-3-6-23(11-13)18(25)12-8-14(24)9-12/h5,7,10,12-14,20,24H,3-4,6,8-9,11H2,1-2H3. The molecule has 1 saturated carbocycles. The van der Waals surface area contributed by atoms with Gasteiger partial charge in [-0.15, -0.1) is 0 Å². The number of hydrogen-bond acceptors (Lipinski definition) is 3. The maximum Gasteiger partial charge on any atom is 0.270 e. The highest BCUT2D eigenvalue weighted by atomic mass is 16.3. The summed E-state index contributed by atoms with van der Waals surface area (Å²) in [4.78, 5) is 32.3. The Bertz CT molecular complexity index is 833. The lowest BCUT2D eigenvalue weighted by Gasteiger charge is -2.41. The van der Waals surface area contributed by atoms with Crippen molar-refractivity contribution in [1.29, 1.82) is 0 Å². The number of aliphatic hydroxyl groups is 1.